The highest BCUT2D eigenvalue weighted by Crippen LogP contribution is 2.36. The summed E-state index contributed by atoms with van der Waals surface area (Å²) in [5, 5.41) is 9.91. The summed E-state index contributed by atoms with van der Waals surface area (Å²) in [6.45, 7) is 6.49. The SMILES string of the molecule is OCC1(CN2CCN(C3CC3)CC2)CCCCCC1. The van der Waals surface area contributed by atoms with E-state index in [9.17, 15) is 5.11 Å². The number of hydrogen-bond acceptors (Lipinski definition) is 3. The van der Waals surface area contributed by atoms with Crippen molar-refractivity contribution in [2.75, 3.05) is 39.3 Å². The molecule has 2 aliphatic carbocycles. The van der Waals surface area contributed by atoms with Crippen LogP contribution in [0.3, 0.4) is 0 Å². The van der Waals surface area contributed by atoms with Crippen LogP contribution in [0.15, 0.2) is 0 Å². The molecule has 3 aliphatic rings. The van der Waals surface area contributed by atoms with Gasteiger partial charge in [-0.15, -0.1) is 0 Å². The van der Waals surface area contributed by atoms with Gasteiger partial charge in [-0.25, -0.2) is 0 Å². The van der Waals surface area contributed by atoms with E-state index in [2.05, 4.69) is 9.80 Å². The second kappa shape index (κ2) is 6.11. The van der Waals surface area contributed by atoms with Crippen LogP contribution in [-0.4, -0.2) is 60.3 Å². The third-order valence-electron chi connectivity index (χ3n) is 5.53. The highest BCUT2D eigenvalue weighted by Gasteiger charge is 2.35. The van der Waals surface area contributed by atoms with Crippen LogP contribution in [0.1, 0.15) is 51.4 Å². The highest BCUT2D eigenvalue weighted by atomic mass is 16.3. The Morgan fingerprint density at radius 2 is 1.53 bits per heavy atom. The van der Waals surface area contributed by atoms with Crippen LogP contribution in [0.2, 0.25) is 0 Å². The molecule has 0 aromatic carbocycles. The fourth-order valence-corrected chi connectivity index (χ4v) is 4.05. The molecule has 0 spiro atoms. The van der Waals surface area contributed by atoms with Gasteiger partial charge < -0.3 is 10.0 Å². The van der Waals surface area contributed by atoms with Gasteiger partial charge >= 0.3 is 0 Å². The molecule has 110 valence electrons. The number of hydrogen-bond donors (Lipinski definition) is 1. The maximum atomic E-state index is 9.91. The van der Waals surface area contributed by atoms with E-state index in [4.69, 9.17) is 0 Å². The van der Waals surface area contributed by atoms with Gasteiger partial charge in [0, 0.05) is 50.8 Å². The zero-order chi connectivity index (χ0) is 13.1. The third-order valence-corrected chi connectivity index (χ3v) is 5.53. The lowest BCUT2D eigenvalue weighted by Gasteiger charge is -2.41. The summed E-state index contributed by atoms with van der Waals surface area (Å²) in [7, 11) is 0. The molecule has 0 amide bonds. The molecular weight excluding hydrogens is 236 g/mol. The first kappa shape index (κ1) is 13.8. The Hall–Kier alpha value is -0.120. The number of nitrogens with zero attached hydrogens (tertiary/aromatic N) is 2. The van der Waals surface area contributed by atoms with Crippen molar-refractivity contribution in [3.05, 3.63) is 0 Å². The molecule has 0 aromatic heterocycles. The molecule has 1 aliphatic heterocycles. The van der Waals surface area contributed by atoms with Crippen molar-refractivity contribution < 1.29 is 5.11 Å². The number of aliphatic hydroxyl groups is 1. The van der Waals surface area contributed by atoms with Crippen molar-refractivity contribution in [3.63, 3.8) is 0 Å². The fraction of sp³-hybridized carbons (Fsp3) is 1.00. The van der Waals surface area contributed by atoms with E-state index in [1.807, 2.05) is 0 Å². The topological polar surface area (TPSA) is 26.7 Å². The van der Waals surface area contributed by atoms with E-state index in [1.165, 1.54) is 77.5 Å². The Balaban J connectivity index is 1.51. The van der Waals surface area contributed by atoms with Crippen LogP contribution >= 0.6 is 0 Å². The van der Waals surface area contributed by atoms with Gasteiger partial charge in [0.2, 0.25) is 0 Å². The molecule has 19 heavy (non-hydrogen) atoms. The standard InChI is InChI=1S/C16H30N2O/c19-14-16(7-3-1-2-4-8-16)13-17-9-11-18(12-10-17)15-5-6-15/h15,19H,1-14H2. The van der Waals surface area contributed by atoms with Crippen LogP contribution in [0.5, 0.6) is 0 Å². The molecule has 3 nitrogen and oxygen atoms in total. The molecule has 2 saturated carbocycles. The largest absolute Gasteiger partial charge is 0.396 e. The van der Waals surface area contributed by atoms with Crippen molar-refractivity contribution >= 4 is 0 Å². The first-order chi connectivity index (χ1) is 9.31. The lowest BCUT2D eigenvalue weighted by molar-refractivity contribution is 0.0344. The van der Waals surface area contributed by atoms with Crippen molar-refractivity contribution in [2.45, 2.75) is 57.4 Å². The summed E-state index contributed by atoms with van der Waals surface area (Å²) >= 11 is 0. The fourth-order valence-electron chi connectivity index (χ4n) is 4.05. The van der Waals surface area contributed by atoms with Gasteiger partial charge in [0.15, 0.2) is 0 Å². The molecule has 0 unspecified atom stereocenters. The Labute approximate surface area is 118 Å². The molecule has 3 fully saturated rings. The maximum absolute atomic E-state index is 9.91. The second-order valence-corrected chi connectivity index (χ2v) is 7.12. The molecule has 0 radical (unpaired) electrons. The Morgan fingerprint density at radius 3 is 2.05 bits per heavy atom. The minimum absolute atomic E-state index is 0.220. The Bertz CT molecular complexity index is 274. The van der Waals surface area contributed by atoms with Gasteiger partial charge in [0.1, 0.15) is 0 Å². The monoisotopic (exact) mass is 266 g/mol. The van der Waals surface area contributed by atoms with Gasteiger partial charge in [0.05, 0.1) is 0 Å². The first-order valence-corrected chi connectivity index (χ1v) is 8.39. The average molecular weight is 266 g/mol. The van der Waals surface area contributed by atoms with Gasteiger partial charge in [-0.1, -0.05) is 25.7 Å². The van der Waals surface area contributed by atoms with E-state index in [1.54, 1.807) is 0 Å². The van der Waals surface area contributed by atoms with Gasteiger partial charge in [-0.3, -0.25) is 4.90 Å². The summed E-state index contributed by atoms with van der Waals surface area (Å²) < 4.78 is 0. The van der Waals surface area contributed by atoms with Crippen molar-refractivity contribution in [3.8, 4) is 0 Å². The zero-order valence-corrected chi connectivity index (χ0v) is 12.3. The Morgan fingerprint density at radius 1 is 0.895 bits per heavy atom. The molecule has 1 heterocycles. The molecule has 1 saturated heterocycles. The summed E-state index contributed by atoms with van der Waals surface area (Å²) in [6.07, 6.45) is 10.7. The van der Waals surface area contributed by atoms with Crippen LogP contribution in [0, 0.1) is 5.41 Å². The second-order valence-electron chi connectivity index (χ2n) is 7.12. The van der Waals surface area contributed by atoms with Crippen molar-refractivity contribution in [1.82, 2.24) is 9.80 Å². The van der Waals surface area contributed by atoms with E-state index in [0.717, 1.165) is 12.6 Å². The summed E-state index contributed by atoms with van der Waals surface area (Å²) in [6, 6.07) is 0.923. The molecule has 1 N–H and O–H groups in total. The molecule has 0 atom stereocenters. The maximum Gasteiger partial charge on any atom is 0.0499 e. The first-order valence-electron chi connectivity index (χ1n) is 8.39. The van der Waals surface area contributed by atoms with Gasteiger partial charge in [-0.2, -0.15) is 0 Å². The predicted octanol–water partition coefficient (Wildman–Crippen LogP) is 2.10. The normalized spacial score (nSPS) is 30.2. The van der Waals surface area contributed by atoms with Crippen LogP contribution in [0.4, 0.5) is 0 Å². The molecule has 0 bridgehead atoms. The van der Waals surface area contributed by atoms with Crippen LogP contribution in [-0.2, 0) is 0 Å². The van der Waals surface area contributed by atoms with Gasteiger partial charge in [0.25, 0.3) is 0 Å². The summed E-state index contributed by atoms with van der Waals surface area (Å²) in [4.78, 5) is 5.30. The van der Waals surface area contributed by atoms with E-state index in [0.29, 0.717) is 6.61 Å². The van der Waals surface area contributed by atoms with E-state index >= 15 is 0 Å². The third kappa shape index (κ3) is 3.50. The van der Waals surface area contributed by atoms with E-state index in [-0.39, 0.29) is 5.41 Å². The van der Waals surface area contributed by atoms with Crippen molar-refractivity contribution in [2.24, 2.45) is 5.41 Å². The van der Waals surface area contributed by atoms with Gasteiger partial charge in [-0.05, 0) is 25.7 Å². The minimum Gasteiger partial charge on any atom is -0.396 e. The molecule has 3 rings (SSSR count). The Kier molecular flexibility index (Phi) is 4.45. The highest BCUT2D eigenvalue weighted by molar-refractivity contribution is 4.90. The summed E-state index contributed by atoms with van der Waals surface area (Å²) in [5.41, 5.74) is 0.220. The lowest BCUT2D eigenvalue weighted by Crippen LogP contribution is -2.51. The zero-order valence-electron chi connectivity index (χ0n) is 12.3. The minimum atomic E-state index is 0.220. The average Bonchev–Trinajstić information content (AvgIpc) is 3.27. The smallest absolute Gasteiger partial charge is 0.0499 e. The van der Waals surface area contributed by atoms with Crippen molar-refractivity contribution in [1.29, 1.82) is 0 Å². The molecule has 3 heteroatoms. The van der Waals surface area contributed by atoms with E-state index < -0.39 is 0 Å². The van der Waals surface area contributed by atoms with Crippen LogP contribution in [0.25, 0.3) is 0 Å². The lowest BCUT2D eigenvalue weighted by atomic mass is 9.80. The predicted molar refractivity (Wildman–Crippen MR) is 78.3 cm³/mol. The quantitative estimate of drug-likeness (QED) is 0.790. The molecular formula is C16H30N2O. The summed E-state index contributed by atoms with van der Waals surface area (Å²) in [5.74, 6) is 0. The molecule has 0 aromatic rings. The number of rotatable bonds is 4. The van der Waals surface area contributed by atoms with Crippen LogP contribution < -0.4 is 0 Å². The number of aliphatic hydroxyl groups excluding tert-OH is 1. The number of piperazine rings is 1.